The van der Waals surface area contributed by atoms with Crippen LogP contribution in [0.4, 0.5) is 0 Å². The minimum atomic E-state index is -0.139. The quantitative estimate of drug-likeness (QED) is 0.388. The monoisotopic (exact) mass is 159 g/mol. The Morgan fingerprint density at radius 2 is 2.00 bits per heavy atom. The van der Waals surface area contributed by atoms with Gasteiger partial charge in [-0.1, -0.05) is 13.8 Å². The van der Waals surface area contributed by atoms with Crippen LogP contribution in [0.2, 0.25) is 0 Å². The zero-order valence-electron chi connectivity index (χ0n) is 7.12. The number of guanidine groups is 1. The van der Waals surface area contributed by atoms with Gasteiger partial charge in [0.1, 0.15) is 0 Å². The van der Waals surface area contributed by atoms with Crippen LogP contribution in [0.5, 0.6) is 0 Å². The van der Waals surface area contributed by atoms with Crippen molar-refractivity contribution in [3.63, 3.8) is 0 Å². The van der Waals surface area contributed by atoms with E-state index in [1.54, 1.807) is 0 Å². The van der Waals surface area contributed by atoms with E-state index in [-0.39, 0.29) is 18.6 Å². The molecule has 5 N–H and O–H groups in total. The molecule has 4 nitrogen and oxygen atoms in total. The molecule has 11 heavy (non-hydrogen) atoms. The molecule has 0 fully saturated rings. The summed E-state index contributed by atoms with van der Waals surface area (Å²) in [6, 6.07) is -0.139. The van der Waals surface area contributed by atoms with Crippen LogP contribution in [0.25, 0.3) is 0 Å². The summed E-state index contributed by atoms with van der Waals surface area (Å²) in [6.07, 6.45) is 0.814. The van der Waals surface area contributed by atoms with E-state index in [0.29, 0.717) is 5.92 Å². The minimum absolute atomic E-state index is 0.01000. The molecule has 0 heterocycles. The Morgan fingerprint density at radius 3 is 2.27 bits per heavy atom. The molecule has 0 saturated heterocycles. The average molecular weight is 159 g/mol. The fourth-order valence-electron chi connectivity index (χ4n) is 0.923. The van der Waals surface area contributed by atoms with E-state index in [9.17, 15) is 0 Å². The molecule has 66 valence electrons. The average Bonchev–Trinajstić information content (AvgIpc) is 1.84. The SMILES string of the molecule is CC(C)C[C@H](CO)N=C(N)N. The van der Waals surface area contributed by atoms with Gasteiger partial charge in [-0.15, -0.1) is 0 Å². The van der Waals surface area contributed by atoms with Crippen LogP contribution < -0.4 is 11.5 Å². The number of hydrogen-bond acceptors (Lipinski definition) is 2. The van der Waals surface area contributed by atoms with Crippen LogP contribution in [-0.2, 0) is 0 Å². The number of aliphatic hydroxyl groups excluding tert-OH is 1. The predicted octanol–water partition coefficient (Wildman–Crippen LogP) is -0.333. The van der Waals surface area contributed by atoms with Gasteiger partial charge in [-0.25, -0.2) is 4.99 Å². The highest BCUT2D eigenvalue weighted by Gasteiger charge is 2.07. The van der Waals surface area contributed by atoms with E-state index in [4.69, 9.17) is 16.6 Å². The van der Waals surface area contributed by atoms with Crippen molar-refractivity contribution in [1.29, 1.82) is 0 Å². The molecule has 0 rings (SSSR count). The van der Waals surface area contributed by atoms with Crippen LogP contribution in [0.3, 0.4) is 0 Å². The molecule has 0 aliphatic rings. The maximum Gasteiger partial charge on any atom is 0.186 e. The van der Waals surface area contributed by atoms with Gasteiger partial charge in [0.05, 0.1) is 12.6 Å². The Labute approximate surface area is 67.3 Å². The summed E-state index contributed by atoms with van der Waals surface area (Å²) in [5.74, 6) is 0.542. The largest absolute Gasteiger partial charge is 0.394 e. The van der Waals surface area contributed by atoms with Gasteiger partial charge in [0.15, 0.2) is 5.96 Å². The van der Waals surface area contributed by atoms with Gasteiger partial charge in [-0.3, -0.25) is 0 Å². The second-order valence-corrected chi connectivity index (χ2v) is 3.02. The van der Waals surface area contributed by atoms with Gasteiger partial charge in [-0.05, 0) is 12.3 Å². The predicted molar refractivity (Wildman–Crippen MR) is 46.1 cm³/mol. The lowest BCUT2D eigenvalue weighted by molar-refractivity contribution is 0.251. The molecular weight excluding hydrogens is 142 g/mol. The molecule has 4 heteroatoms. The zero-order chi connectivity index (χ0) is 8.85. The fraction of sp³-hybridized carbons (Fsp3) is 0.857. The molecule has 0 aromatic carbocycles. The van der Waals surface area contributed by atoms with Crippen LogP contribution in [0.15, 0.2) is 4.99 Å². The number of hydrogen-bond donors (Lipinski definition) is 3. The topological polar surface area (TPSA) is 84.6 Å². The number of nitrogens with zero attached hydrogens (tertiary/aromatic N) is 1. The van der Waals surface area contributed by atoms with Gasteiger partial charge in [0, 0.05) is 0 Å². The summed E-state index contributed by atoms with van der Waals surface area (Å²) in [6.45, 7) is 4.13. The molecule has 0 spiro atoms. The van der Waals surface area contributed by atoms with Crippen molar-refractivity contribution in [3.8, 4) is 0 Å². The number of nitrogens with two attached hydrogens (primary N) is 2. The van der Waals surface area contributed by atoms with E-state index in [0.717, 1.165) is 6.42 Å². The van der Waals surface area contributed by atoms with Gasteiger partial charge in [0.25, 0.3) is 0 Å². The maximum absolute atomic E-state index is 8.81. The van der Waals surface area contributed by atoms with Crippen molar-refractivity contribution >= 4 is 5.96 Å². The number of rotatable bonds is 4. The molecule has 1 atom stereocenters. The van der Waals surface area contributed by atoms with E-state index in [1.807, 2.05) is 0 Å². The molecule has 0 saturated carbocycles. The summed E-state index contributed by atoms with van der Waals surface area (Å²) < 4.78 is 0. The minimum Gasteiger partial charge on any atom is -0.394 e. The van der Waals surface area contributed by atoms with Crippen LogP contribution in [0.1, 0.15) is 20.3 Å². The van der Waals surface area contributed by atoms with Crippen molar-refractivity contribution in [2.75, 3.05) is 6.61 Å². The van der Waals surface area contributed by atoms with Crippen LogP contribution in [0, 0.1) is 5.92 Å². The summed E-state index contributed by atoms with van der Waals surface area (Å²) >= 11 is 0. The third-order valence-electron chi connectivity index (χ3n) is 1.29. The molecule has 0 aromatic rings. The van der Waals surface area contributed by atoms with Crippen LogP contribution in [-0.4, -0.2) is 23.7 Å². The second-order valence-electron chi connectivity index (χ2n) is 3.02. The van der Waals surface area contributed by atoms with Gasteiger partial charge < -0.3 is 16.6 Å². The first-order valence-corrected chi connectivity index (χ1v) is 3.75. The maximum atomic E-state index is 8.81. The lowest BCUT2D eigenvalue weighted by atomic mass is 10.1. The van der Waals surface area contributed by atoms with E-state index in [1.165, 1.54) is 0 Å². The fourth-order valence-corrected chi connectivity index (χ4v) is 0.923. The second kappa shape index (κ2) is 4.96. The molecular formula is C7H17N3O. The molecule has 0 aliphatic carbocycles. The Balaban J connectivity index is 3.86. The Bertz CT molecular complexity index is 130. The van der Waals surface area contributed by atoms with Crippen molar-refractivity contribution in [3.05, 3.63) is 0 Å². The highest BCUT2D eigenvalue weighted by Crippen LogP contribution is 2.06. The van der Waals surface area contributed by atoms with Crippen LogP contribution >= 0.6 is 0 Å². The standard InChI is InChI=1S/C7H17N3O/c1-5(2)3-6(4-11)10-7(8)9/h5-6,11H,3-4H2,1-2H3,(H4,8,9,10)/t6-/m1/s1. The number of aliphatic hydroxyl groups is 1. The molecule has 0 radical (unpaired) electrons. The normalized spacial score (nSPS) is 13.1. The highest BCUT2D eigenvalue weighted by molar-refractivity contribution is 5.75. The summed E-state index contributed by atoms with van der Waals surface area (Å²) in [5.41, 5.74) is 10.3. The van der Waals surface area contributed by atoms with E-state index < -0.39 is 0 Å². The zero-order valence-corrected chi connectivity index (χ0v) is 7.12. The smallest absolute Gasteiger partial charge is 0.186 e. The lowest BCUT2D eigenvalue weighted by Crippen LogP contribution is -2.27. The van der Waals surface area contributed by atoms with Crippen molar-refractivity contribution in [2.45, 2.75) is 26.3 Å². The van der Waals surface area contributed by atoms with Crippen molar-refractivity contribution < 1.29 is 5.11 Å². The Morgan fingerprint density at radius 1 is 1.45 bits per heavy atom. The first kappa shape index (κ1) is 10.2. The first-order valence-electron chi connectivity index (χ1n) is 3.75. The van der Waals surface area contributed by atoms with Gasteiger partial charge >= 0.3 is 0 Å². The third kappa shape index (κ3) is 5.66. The number of aliphatic imine (C=N–C) groups is 1. The Hall–Kier alpha value is -0.770. The Kier molecular flexibility index (Phi) is 4.61. The summed E-state index contributed by atoms with van der Waals surface area (Å²) in [5, 5.41) is 8.81. The molecule has 0 aliphatic heterocycles. The van der Waals surface area contributed by atoms with Crippen molar-refractivity contribution in [1.82, 2.24) is 0 Å². The molecule has 0 aromatic heterocycles. The highest BCUT2D eigenvalue weighted by atomic mass is 16.3. The van der Waals surface area contributed by atoms with E-state index >= 15 is 0 Å². The third-order valence-corrected chi connectivity index (χ3v) is 1.29. The van der Waals surface area contributed by atoms with Gasteiger partial charge in [0.2, 0.25) is 0 Å². The van der Waals surface area contributed by atoms with Gasteiger partial charge in [-0.2, -0.15) is 0 Å². The lowest BCUT2D eigenvalue weighted by Gasteiger charge is -2.11. The summed E-state index contributed by atoms with van der Waals surface area (Å²) in [4.78, 5) is 3.86. The first-order chi connectivity index (χ1) is 5.06. The van der Waals surface area contributed by atoms with Crippen molar-refractivity contribution in [2.24, 2.45) is 22.4 Å². The molecule has 0 unspecified atom stereocenters. The molecule has 0 amide bonds. The molecule has 0 bridgehead atoms. The summed E-state index contributed by atoms with van der Waals surface area (Å²) in [7, 11) is 0. The van der Waals surface area contributed by atoms with E-state index in [2.05, 4.69) is 18.8 Å².